The molecule has 104 valence electrons. The molecule has 1 fully saturated rings. The first-order valence-electron chi connectivity index (χ1n) is 6.45. The molecule has 1 atom stereocenters. The molecule has 0 radical (unpaired) electrons. The molecule has 5 nitrogen and oxygen atoms in total. The van der Waals surface area contributed by atoms with E-state index in [0.29, 0.717) is 18.4 Å². The van der Waals surface area contributed by atoms with Crippen molar-refractivity contribution in [1.29, 1.82) is 0 Å². The number of aromatic carboxylic acids is 1. The second-order valence-electron chi connectivity index (χ2n) is 4.64. The Hall–Kier alpha value is -1.59. The smallest absolute Gasteiger partial charge is 0.335 e. The minimum absolute atomic E-state index is 0.247. The fourth-order valence-corrected chi connectivity index (χ4v) is 2.09. The molecular weight excluding hydrogens is 246 g/mol. The van der Waals surface area contributed by atoms with E-state index in [9.17, 15) is 4.79 Å². The van der Waals surface area contributed by atoms with Gasteiger partial charge in [0, 0.05) is 19.1 Å². The predicted molar refractivity (Wildman–Crippen MR) is 70.8 cm³/mol. The Labute approximate surface area is 112 Å². The average Bonchev–Trinajstić information content (AvgIpc) is 2.41. The summed E-state index contributed by atoms with van der Waals surface area (Å²) in [5.74, 6) is -0.340. The second kappa shape index (κ2) is 6.54. The molecule has 0 spiro atoms. The molecule has 1 heterocycles. The molecule has 1 saturated heterocycles. The van der Waals surface area contributed by atoms with Crippen LogP contribution < -0.4 is 4.74 Å². The first-order valence-corrected chi connectivity index (χ1v) is 6.45. The SMILES string of the molecule is CC1COCCN1CCOc1cccc(C(=O)O)c1. The molecular formula is C14H19NO4. The summed E-state index contributed by atoms with van der Waals surface area (Å²) in [6, 6.07) is 6.97. The quantitative estimate of drug-likeness (QED) is 0.874. The third-order valence-corrected chi connectivity index (χ3v) is 3.23. The Morgan fingerprint density at radius 1 is 1.58 bits per heavy atom. The van der Waals surface area contributed by atoms with Crippen molar-refractivity contribution in [2.45, 2.75) is 13.0 Å². The Morgan fingerprint density at radius 3 is 3.16 bits per heavy atom. The molecule has 1 aromatic rings. The van der Waals surface area contributed by atoms with Gasteiger partial charge >= 0.3 is 5.97 Å². The highest BCUT2D eigenvalue weighted by Gasteiger charge is 2.18. The summed E-state index contributed by atoms with van der Waals surface area (Å²) in [5, 5.41) is 8.90. The molecule has 1 aliphatic heterocycles. The van der Waals surface area contributed by atoms with Crippen molar-refractivity contribution in [2.75, 3.05) is 32.9 Å². The van der Waals surface area contributed by atoms with Gasteiger partial charge in [0.2, 0.25) is 0 Å². The van der Waals surface area contributed by atoms with Crippen LogP contribution in [-0.2, 0) is 4.74 Å². The number of nitrogens with zero attached hydrogens (tertiary/aromatic N) is 1. The molecule has 1 unspecified atom stereocenters. The van der Waals surface area contributed by atoms with Crippen LogP contribution in [0.15, 0.2) is 24.3 Å². The van der Waals surface area contributed by atoms with Crippen LogP contribution in [0.4, 0.5) is 0 Å². The van der Waals surface area contributed by atoms with E-state index in [1.807, 2.05) is 0 Å². The van der Waals surface area contributed by atoms with Gasteiger partial charge in [0.1, 0.15) is 12.4 Å². The van der Waals surface area contributed by atoms with Gasteiger partial charge in [-0.3, -0.25) is 4.90 Å². The largest absolute Gasteiger partial charge is 0.492 e. The zero-order chi connectivity index (χ0) is 13.7. The molecule has 1 N–H and O–H groups in total. The summed E-state index contributed by atoms with van der Waals surface area (Å²) < 4.78 is 11.0. The highest BCUT2D eigenvalue weighted by Crippen LogP contribution is 2.13. The topological polar surface area (TPSA) is 59.0 Å². The van der Waals surface area contributed by atoms with Crippen molar-refractivity contribution in [3.63, 3.8) is 0 Å². The van der Waals surface area contributed by atoms with E-state index >= 15 is 0 Å². The predicted octanol–water partition coefficient (Wildman–Crippen LogP) is 1.48. The lowest BCUT2D eigenvalue weighted by Gasteiger charge is -2.32. The fourth-order valence-electron chi connectivity index (χ4n) is 2.09. The average molecular weight is 265 g/mol. The van der Waals surface area contributed by atoms with Crippen molar-refractivity contribution in [1.82, 2.24) is 4.90 Å². The van der Waals surface area contributed by atoms with Gasteiger partial charge in [0.25, 0.3) is 0 Å². The van der Waals surface area contributed by atoms with Gasteiger partial charge in [-0.2, -0.15) is 0 Å². The standard InChI is InChI=1S/C14H19NO4/c1-11-10-18-7-5-15(11)6-8-19-13-4-2-3-12(9-13)14(16)17/h2-4,9,11H,5-8,10H2,1H3,(H,16,17). The normalized spacial score (nSPS) is 20.2. The molecule has 2 rings (SSSR count). The minimum Gasteiger partial charge on any atom is -0.492 e. The maximum Gasteiger partial charge on any atom is 0.335 e. The number of carboxylic acids is 1. The summed E-state index contributed by atoms with van der Waals surface area (Å²) in [7, 11) is 0. The zero-order valence-electron chi connectivity index (χ0n) is 11.0. The zero-order valence-corrected chi connectivity index (χ0v) is 11.0. The van der Waals surface area contributed by atoms with Crippen LogP contribution in [0.5, 0.6) is 5.75 Å². The van der Waals surface area contributed by atoms with Gasteiger partial charge in [-0.1, -0.05) is 6.07 Å². The molecule has 0 saturated carbocycles. The summed E-state index contributed by atoms with van der Waals surface area (Å²) >= 11 is 0. The van der Waals surface area contributed by atoms with E-state index in [0.717, 1.165) is 26.3 Å². The Morgan fingerprint density at radius 2 is 2.42 bits per heavy atom. The van der Waals surface area contributed by atoms with Crippen molar-refractivity contribution in [2.24, 2.45) is 0 Å². The molecule has 0 aromatic heterocycles. The van der Waals surface area contributed by atoms with E-state index in [4.69, 9.17) is 14.6 Å². The highest BCUT2D eigenvalue weighted by atomic mass is 16.5. The van der Waals surface area contributed by atoms with Gasteiger partial charge in [0.05, 0.1) is 18.8 Å². The van der Waals surface area contributed by atoms with Crippen LogP contribution in [0, 0.1) is 0 Å². The monoisotopic (exact) mass is 265 g/mol. The summed E-state index contributed by atoms with van der Waals surface area (Å²) in [6.07, 6.45) is 0. The number of carboxylic acid groups (broad SMARTS) is 1. The van der Waals surface area contributed by atoms with Crippen LogP contribution in [0.25, 0.3) is 0 Å². The van der Waals surface area contributed by atoms with E-state index in [1.165, 1.54) is 0 Å². The van der Waals surface area contributed by atoms with E-state index in [2.05, 4.69) is 11.8 Å². The van der Waals surface area contributed by atoms with Crippen LogP contribution in [-0.4, -0.2) is 54.9 Å². The highest BCUT2D eigenvalue weighted by molar-refractivity contribution is 5.87. The first-order chi connectivity index (χ1) is 9.16. The van der Waals surface area contributed by atoms with Crippen molar-refractivity contribution in [3.8, 4) is 5.75 Å². The molecule has 5 heteroatoms. The van der Waals surface area contributed by atoms with Crippen LogP contribution in [0.3, 0.4) is 0 Å². The van der Waals surface area contributed by atoms with E-state index in [1.54, 1.807) is 24.3 Å². The third kappa shape index (κ3) is 3.94. The molecule has 19 heavy (non-hydrogen) atoms. The Bertz CT molecular complexity index is 435. The van der Waals surface area contributed by atoms with Gasteiger partial charge < -0.3 is 14.6 Å². The second-order valence-corrected chi connectivity index (χ2v) is 4.64. The van der Waals surface area contributed by atoms with Crippen molar-refractivity contribution >= 4 is 5.97 Å². The van der Waals surface area contributed by atoms with Crippen molar-refractivity contribution in [3.05, 3.63) is 29.8 Å². The number of hydrogen-bond donors (Lipinski definition) is 1. The molecule has 0 bridgehead atoms. The lowest BCUT2D eigenvalue weighted by Crippen LogP contribution is -2.45. The third-order valence-electron chi connectivity index (χ3n) is 3.23. The molecule has 0 amide bonds. The van der Waals surface area contributed by atoms with Crippen LogP contribution >= 0.6 is 0 Å². The number of hydrogen-bond acceptors (Lipinski definition) is 4. The minimum atomic E-state index is -0.938. The van der Waals surface area contributed by atoms with Gasteiger partial charge in [0.15, 0.2) is 0 Å². The van der Waals surface area contributed by atoms with Crippen LogP contribution in [0.1, 0.15) is 17.3 Å². The van der Waals surface area contributed by atoms with Gasteiger partial charge in [-0.05, 0) is 25.1 Å². The Balaban J connectivity index is 1.82. The van der Waals surface area contributed by atoms with Gasteiger partial charge in [-0.15, -0.1) is 0 Å². The first kappa shape index (κ1) is 13.8. The molecule has 1 aliphatic rings. The maximum absolute atomic E-state index is 10.8. The number of ether oxygens (including phenoxy) is 2. The lowest BCUT2D eigenvalue weighted by molar-refractivity contribution is -0.00515. The Kier molecular flexibility index (Phi) is 4.76. The fraction of sp³-hybridized carbons (Fsp3) is 0.500. The summed E-state index contributed by atoms with van der Waals surface area (Å²) in [6.45, 7) is 5.94. The van der Waals surface area contributed by atoms with E-state index < -0.39 is 5.97 Å². The van der Waals surface area contributed by atoms with E-state index in [-0.39, 0.29) is 5.56 Å². The van der Waals surface area contributed by atoms with Crippen LogP contribution in [0.2, 0.25) is 0 Å². The number of morpholine rings is 1. The maximum atomic E-state index is 10.8. The van der Waals surface area contributed by atoms with Crippen molar-refractivity contribution < 1.29 is 19.4 Å². The molecule has 1 aromatic carbocycles. The lowest BCUT2D eigenvalue weighted by atomic mass is 10.2. The number of carbonyl (C=O) groups is 1. The molecule has 0 aliphatic carbocycles. The number of benzene rings is 1. The summed E-state index contributed by atoms with van der Waals surface area (Å²) in [4.78, 5) is 13.1. The number of rotatable bonds is 5. The van der Waals surface area contributed by atoms with Gasteiger partial charge in [-0.25, -0.2) is 4.79 Å². The summed E-state index contributed by atoms with van der Waals surface area (Å²) in [5.41, 5.74) is 0.247.